The van der Waals surface area contributed by atoms with Crippen molar-refractivity contribution in [2.45, 2.75) is 83.0 Å². The fourth-order valence-corrected chi connectivity index (χ4v) is 8.40. The molecule has 1 aromatic carbocycles. The number of carboxylic acid groups (broad SMARTS) is 1. The van der Waals surface area contributed by atoms with E-state index in [9.17, 15) is 24.9 Å². The summed E-state index contributed by atoms with van der Waals surface area (Å²) >= 11 is 0. The molecular formula is C32H40N2O6. The first-order chi connectivity index (χ1) is 19.0. The van der Waals surface area contributed by atoms with E-state index in [1.54, 1.807) is 30.3 Å². The highest BCUT2D eigenvalue weighted by atomic mass is 16.6. The fraction of sp³-hybridized carbons (Fsp3) is 0.594. The van der Waals surface area contributed by atoms with Crippen LogP contribution < -0.4 is 5.32 Å². The van der Waals surface area contributed by atoms with Gasteiger partial charge >= 0.3 is 5.97 Å². The van der Waals surface area contributed by atoms with Crippen LogP contribution in [0.3, 0.4) is 0 Å². The first-order valence-electron chi connectivity index (χ1n) is 14.4. The lowest BCUT2D eigenvalue weighted by atomic mass is 9.46. The number of nitrogens with one attached hydrogen (secondary N) is 1. The number of hydrogen-bond donors (Lipinski definition) is 4. The molecule has 40 heavy (non-hydrogen) atoms. The molecular weight excluding hydrogens is 508 g/mol. The molecule has 5 rings (SSSR count). The zero-order valence-corrected chi connectivity index (χ0v) is 23.3. The Labute approximate surface area is 235 Å². The van der Waals surface area contributed by atoms with Crippen molar-refractivity contribution in [1.82, 2.24) is 5.32 Å². The van der Waals surface area contributed by atoms with Crippen LogP contribution in [-0.4, -0.2) is 51.2 Å². The van der Waals surface area contributed by atoms with Crippen molar-refractivity contribution in [2.75, 3.05) is 6.61 Å². The number of aliphatic hydroxyl groups excluding tert-OH is 1. The van der Waals surface area contributed by atoms with E-state index in [0.29, 0.717) is 29.7 Å². The van der Waals surface area contributed by atoms with Gasteiger partial charge in [0, 0.05) is 5.41 Å². The molecule has 1 amide bonds. The Morgan fingerprint density at radius 3 is 2.55 bits per heavy atom. The average Bonchev–Trinajstić information content (AvgIpc) is 3.22. The topological polar surface area (TPSA) is 128 Å². The van der Waals surface area contributed by atoms with E-state index in [1.165, 1.54) is 5.57 Å². The normalized spacial score (nSPS) is 37.1. The molecule has 0 radical (unpaired) electrons. The maximum absolute atomic E-state index is 12.4. The number of nitrogens with zero attached hydrogens (tertiary/aromatic N) is 1. The summed E-state index contributed by atoms with van der Waals surface area (Å²) in [6, 6.07) is 6.83. The summed E-state index contributed by atoms with van der Waals surface area (Å²) in [4.78, 5) is 29.5. The molecule has 8 heteroatoms. The lowest BCUT2D eigenvalue weighted by Crippen LogP contribution is -2.54. The number of benzene rings is 1. The summed E-state index contributed by atoms with van der Waals surface area (Å²) in [5.41, 5.74) is 1.40. The molecule has 3 fully saturated rings. The number of terminal acetylenes is 1. The molecule has 3 saturated carbocycles. The van der Waals surface area contributed by atoms with Crippen molar-refractivity contribution >= 4 is 17.6 Å². The number of aliphatic carboxylic acids is 1. The van der Waals surface area contributed by atoms with E-state index in [4.69, 9.17) is 11.3 Å². The largest absolute Gasteiger partial charge is 0.480 e. The molecule has 0 heterocycles. The van der Waals surface area contributed by atoms with E-state index in [0.717, 1.165) is 50.7 Å². The third-order valence-corrected chi connectivity index (χ3v) is 10.8. The summed E-state index contributed by atoms with van der Waals surface area (Å²) in [7, 11) is 0. The van der Waals surface area contributed by atoms with Gasteiger partial charge in [-0.3, -0.25) is 4.79 Å². The third kappa shape index (κ3) is 4.73. The van der Waals surface area contributed by atoms with Gasteiger partial charge in [-0.2, -0.15) is 0 Å². The average molecular weight is 549 g/mol. The van der Waals surface area contributed by atoms with Gasteiger partial charge in [0.1, 0.15) is 11.7 Å². The first-order valence-corrected chi connectivity index (χ1v) is 14.4. The van der Waals surface area contributed by atoms with Crippen molar-refractivity contribution in [3.05, 3.63) is 47.5 Å². The zero-order chi connectivity index (χ0) is 28.7. The van der Waals surface area contributed by atoms with Gasteiger partial charge < -0.3 is 25.5 Å². The third-order valence-electron chi connectivity index (χ3n) is 10.8. The smallest absolute Gasteiger partial charge is 0.329 e. The summed E-state index contributed by atoms with van der Waals surface area (Å²) in [6.45, 7) is 4.13. The van der Waals surface area contributed by atoms with E-state index in [1.807, 2.05) is 0 Å². The molecule has 214 valence electrons. The van der Waals surface area contributed by atoms with E-state index in [-0.39, 0.29) is 10.8 Å². The predicted octanol–water partition coefficient (Wildman–Crippen LogP) is 3.99. The van der Waals surface area contributed by atoms with Crippen LogP contribution in [0.2, 0.25) is 0 Å². The van der Waals surface area contributed by atoms with Gasteiger partial charge in [0.25, 0.3) is 5.91 Å². The quantitative estimate of drug-likeness (QED) is 0.301. The molecule has 4 aliphatic carbocycles. The number of rotatable bonds is 7. The molecule has 4 N–H and O–H groups in total. The number of hydrogen-bond acceptors (Lipinski definition) is 6. The standard InChI is InChI=1S/C32H40N2O6/c1-4-32(39)17-14-25-23-11-10-21-18-22(12-15-30(21,2)24(23)13-16-31(25,32)3)34-40-19-26(35)33-27(29(37)38)28(36)20-8-6-5-7-9-20/h1,5-9,18,23-25,27-28,36,39H,10-17,19H2,2-3H3,(H,33,35)(H,37,38)/b34-22-/t23-,24+,25+,27-,28-,30+,31+,32+/m1/s1. The van der Waals surface area contributed by atoms with E-state index in [2.05, 4.69) is 36.3 Å². The molecule has 8 atom stereocenters. The Balaban J connectivity index is 1.21. The lowest BCUT2D eigenvalue weighted by molar-refractivity contribution is -0.146. The highest BCUT2D eigenvalue weighted by molar-refractivity contribution is 5.96. The van der Waals surface area contributed by atoms with Crippen molar-refractivity contribution in [3.63, 3.8) is 0 Å². The number of fused-ring (bicyclic) bond motifs is 5. The second kappa shape index (κ2) is 10.7. The summed E-state index contributed by atoms with van der Waals surface area (Å²) < 4.78 is 0. The number of carbonyl (C=O) groups is 2. The van der Waals surface area contributed by atoms with Crippen molar-refractivity contribution < 1.29 is 29.7 Å². The molecule has 8 nitrogen and oxygen atoms in total. The SMILES string of the molecule is C#C[C@]1(O)CC[C@H]2[C@@H]3CCC4=C/C(=N\OCC(=O)N[C@@H](C(=O)O)[C@H](O)c5ccccc5)CC[C@]4(C)[C@H]3CC[C@@]21C. The van der Waals surface area contributed by atoms with Gasteiger partial charge in [-0.1, -0.05) is 60.8 Å². The summed E-state index contributed by atoms with van der Waals surface area (Å²) in [5.74, 6) is 2.27. The number of carboxylic acids is 1. The van der Waals surface area contributed by atoms with Crippen molar-refractivity contribution in [3.8, 4) is 12.3 Å². The second-order valence-corrected chi connectivity index (χ2v) is 12.6. The number of aliphatic hydroxyl groups is 2. The van der Waals surface area contributed by atoms with Gasteiger partial charge in [0.2, 0.25) is 0 Å². The minimum atomic E-state index is -1.51. The number of allylic oxidation sites excluding steroid dienone is 2. The maximum Gasteiger partial charge on any atom is 0.329 e. The van der Waals surface area contributed by atoms with Gasteiger partial charge in [-0.15, -0.1) is 6.42 Å². The Morgan fingerprint density at radius 1 is 1.12 bits per heavy atom. The number of oxime groups is 1. The summed E-state index contributed by atoms with van der Waals surface area (Å²) in [6.07, 6.45) is 13.9. The number of amides is 1. The number of carbonyl (C=O) groups excluding carboxylic acids is 1. The van der Waals surface area contributed by atoms with Crippen molar-refractivity contribution in [2.24, 2.45) is 33.7 Å². The molecule has 0 unspecified atom stereocenters. The van der Waals surface area contributed by atoms with Crippen LogP contribution in [0.5, 0.6) is 0 Å². The van der Waals surface area contributed by atoms with Crippen LogP contribution in [0.4, 0.5) is 0 Å². The molecule has 0 aliphatic heterocycles. The summed E-state index contributed by atoms with van der Waals surface area (Å²) in [5, 5.41) is 37.7. The first kappa shape index (κ1) is 28.4. The minimum absolute atomic E-state index is 0.0692. The van der Waals surface area contributed by atoms with Crippen LogP contribution in [-0.2, 0) is 14.4 Å². The molecule has 0 saturated heterocycles. The lowest BCUT2D eigenvalue weighted by Gasteiger charge is -2.58. The van der Waals surface area contributed by atoms with Gasteiger partial charge in [-0.25, -0.2) is 4.79 Å². The monoisotopic (exact) mass is 548 g/mol. The van der Waals surface area contributed by atoms with E-state index < -0.39 is 36.2 Å². The molecule has 0 spiro atoms. The van der Waals surface area contributed by atoms with Crippen LogP contribution in [0.25, 0.3) is 0 Å². The minimum Gasteiger partial charge on any atom is -0.480 e. The van der Waals surface area contributed by atoms with Crippen LogP contribution in [0.1, 0.15) is 76.9 Å². The Hall–Kier alpha value is -3.15. The molecule has 0 bridgehead atoms. The van der Waals surface area contributed by atoms with Crippen LogP contribution in [0, 0.1) is 40.9 Å². The second-order valence-electron chi connectivity index (χ2n) is 12.6. The van der Waals surface area contributed by atoms with Gasteiger partial charge in [0.15, 0.2) is 12.6 Å². The predicted molar refractivity (Wildman–Crippen MR) is 150 cm³/mol. The highest BCUT2D eigenvalue weighted by Crippen LogP contribution is 2.67. The van der Waals surface area contributed by atoms with E-state index >= 15 is 0 Å². The zero-order valence-electron chi connectivity index (χ0n) is 23.3. The van der Waals surface area contributed by atoms with Crippen LogP contribution >= 0.6 is 0 Å². The molecule has 4 aliphatic rings. The maximum atomic E-state index is 12.4. The Kier molecular flexibility index (Phi) is 7.58. The van der Waals surface area contributed by atoms with Crippen molar-refractivity contribution in [1.29, 1.82) is 0 Å². The van der Waals surface area contributed by atoms with Gasteiger partial charge in [-0.05, 0) is 86.2 Å². The highest BCUT2D eigenvalue weighted by Gasteiger charge is 2.63. The molecule has 1 aromatic rings. The molecule has 0 aromatic heterocycles. The fourth-order valence-electron chi connectivity index (χ4n) is 8.40. The van der Waals surface area contributed by atoms with Crippen LogP contribution in [0.15, 0.2) is 47.1 Å². The van der Waals surface area contributed by atoms with Gasteiger partial charge in [0.05, 0.1) is 5.71 Å². The Morgan fingerprint density at radius 2 is 1.85 bits per heavy atom. The Bertz CT molecular complexity index is 1250.